The van der Waals surface area contributed by atoms with Crippen LogP contribution in [-0.4, -0.2) is 24.8 Å². The van der Waals surface area contributed by atoms with Gasteiger partial charge in [0.2, 0.25) is 0 Å². The maximum Gasteiger partial charge on any atom is 0.154 e. The van der Waals surface area contributed by atoms with E-state index in [1.54, 1.807) is 0 Å². The van der Waals surface area contributed by atoms with E-state index in [9.17, 15) is 9.59 Å². The van der Waals surface area contributed by atoms with Crippen LogP contribution < -0.4 is 10.7 Å². The Morgan fingerprint density at radius 3 is 2.25 bits per heavy atom. The Bertz CT molecular complexity index is 636. The maximum absolute atomic E-state index is 13.3. The van der Waals surface area contributed by atoms with Gasteiger partial charge in [-0.3, -0.25) is 9.59 Å². The van der Waals surface area contributed by atoms with Crippen molar-refractivity contribution in [2.75, 3.05) is 13.2 Å². The van der Waals surface area contributed by atoms with Crippen LogP contribution in [0, 0.1) is 5.41 Å². The SMILES string of the molecule is CCc1cc(ON)cc(CC)c1C1C(=O)CC2(CCOCC2)C1=O. The lowest BCUT2D eigenvalue weighted by molar-refractivity contribution is -0.131. The van der Waals surface area contributed by atoms with Crippen LogP contribution in [0.3, 0.4) is 0 Å². The second-order valence-corrected chi connectivity index (χ2v) is 6.81. The zero-order chi connectivity index (χ0) is 17.3. The Morgan fingerprint density at radius 2 is 1.75 bits per heavy atom. The first-order valence-corrected chi connectivity index (χ1v) is 8.73. The molecule has 5 nitrogen and oxygen atoms in total. The van der Waals surface area contributed by atoms with Crippen LogP contribution in [0.1, 0.15) is 55.7 Å². The molecule has 1 aliphatic heterocycles. The molecular weight excluding hydrogens is 306 g/mol. The van der Waals surface area contributed by atoms with E-state index < -0.39 is 11.3 Å². The van der Waals surface area contributed by atoms with E-state index in [1.807, 2.05) is 26.0 Å². The Hall–Kier alpha value is -1.72. The lowest BCUT2D eigenvalue weighted by Crippen LogP contribution is -2.34. The number of benzene rings is 1. The van der Waals surface area contributed by atoms with Gasteiger partial charge in [-0.15, -0.1) is 0 Å². The zero-order valence-electron chi connectivity index (χ0n) is 14.4. The maximum atomic E-state index is 13.3. The Morgan fingerprint density at radius 1 is 1.17 bits per heavy atom. The van der Waals surface area contributed by atoms with E-state index in [2.05, 4.69) is 0 Å². The molecule has 5 heteroatoms. The third kappa shape index (κ3) is 2.66. The monoisotopic (exact) mass is 331 g/mol. The predicted molar refractivity (Wildman–Crippen MR) is 89.9 cm³/mol. The number of hydrogen-bond acceptors (Lipinski definition) is 5. The molecule has 2 aliphatic rings. The molecule has 3 rings (SSSR count). The lowest BCUT2D eigenvalue weighted by Gasteiger charge is -2.31. The van der Waals surface area contributed by atoms with Crippen molar-refractivity contribution in [1.82, 2.24) is 0 Å². The average Bonchev–Trinajstić information content (AvgIpc) is 2.84. The van der Waals surface area contributed by atoms with Crippen molar-refractivity contribution in [2.45, 2.75) is 51.9 Å². The number of aryl methyl sites for hydroxylation is 2. The van der Waals surface area contributed by atoms with Crippen molar-refractivity contribution in [2.24, 2.45) is 11.3 Å². The van der Waals surface area contributed by atoms with Crippen LogP contribution in [0.2, 0.25) is 0 Å². The van der Waals surface area contributed by atoms with Gasteiger partial charge in [-0.1, -0.05) is 13.8 Å². The molecule has 1 aromatic rings. The third-order valence-electron chi connectivity index (χ3n) is 5.58. The van der Waals surface area contributed by atoms with Gasteiger partial charge in [-0.25, -0.2) is 0 Å². The first-order valence-electron chi connectivity index (χ1n) is 8.73. The van der Waals surface area contributed by atoms with Crippen LogP contribution in [0.4, 0.5) is 0 Å². The van der Waals surface area contributed by atoms with E-state index in [0.29, 0.717) is 38.2 Å². The summed E-state index contributed by atoms with van der Waals surface area (Å²) < 4.78 is 5.41. The number of carbonyl (C=O) groups is 2. The second kappa shape index (κ2) is 6.65. The zero-order valence-corrected chi connectivity index (χ0v) is 14.4. The molecule has 2 N–H and O–H groups in total. The minimum Gasteiger partial charge on any atom is -0.412 e. The molecule has 1 spiro atoms. The van der Waals surface area contributed by atoms with Gasteiger partial charge in [0, 0.05) is 25.0 Å². The summed E-state index contributed by atoms with van der Waals surface area (Å²) in [6, 6.07) is 3.70. The van der Waals surface area contributed by atoms with Gasteiger partial charge in [0.15, 0.2) is 5.78 Å². The summed E-state index contributed by atoms with van der Waals surface area (Å²) in [6.07, 6.45) is 3.11. The molecule has 24 heavy (non-hydrogen) atoms. The molecule has 1 heterocycles. The standard InChI is InChI=1S/C19H25NO4/c1-3-12-9-14(24-20)10-13(4-2)16(12)17-15(21)11-19(18(17)22)5-7-23-8-6-19/h9-10,17H,3-8,11,20H2,1-2H3. The van der Waals surface area contributed by atoms with Crippen LogP contribution in [0.25, 0.3) is 0 Å². The fourth-order valence-electron chi connectivity index (χ4n) is 4.22. The van der Waals surface area contributed by atoms with Gasteiger partial charge in [-0.2, -0.15) is 5.90 Å². The van der Waals surface area contributed by atoms with Gasteiger partial charge < -0.3 is 9.57 Å². The number of nitrogens with two attached hydrogens (primary N) is 1. The normalized spacial score (nSPS) is 23.0. The smallest absolute Gasteiger partial charge is 0.154 e. The number of carbonyl (C=O) groups excluding carboxylic acids is 2. The molecule has 1 saturated heterocycles. The average molecular weight is 331 g/mol. The van der Waals surface area contributed by atoms with Crippen molar-refractivity contribution in [1.29, 1.82) is 0 Å². The van der Waals surface area contributed by atoms with Crippen molar-refractivity contribution in [3.63, 3.8) is 0 Å². The van der Waals surface area contributed by atoms with Crippen molar-refractivity contribution in [3.8, 4) is 5.75 Å². The Balaban J connectivity index is 2.08. The predicted octanol–water partition coefficient (Wildman–Crippen LogP) is 2.49. The first kappa shape index (κ1) is 17.1. The van der Waals surface area contributed by atoms with Gasteiger partial charge in [0.1, 0.15) is 17.5 Å². The van der Waals surface area contributed by atoms with E-state index in [0.717, 1.165) is 29.5 Å². The van der Waals surface area contributed by atoms with Gasteiger partial charge in [0.25, 0.3) is 0 Å². The van der Waals surface area contributed by atoms with Crippen molar-refractivity contribution < 1.29 is 19.2 Å². The third-order valence-corrected chi connectivity index (χ3v) is 5.58. The van der Waals surface area contributed by atoms with Crippen LogP contribution in [-0.2, 0) is 27.2 Å². The highest BCUT2D eigenvalue weighted by molar-refractivity contribution is 6.16. The molecule has 1 saturated carbocycles. The summed E-state index contributed by atoms with van der Waals surface area (Å²) in [5.74, 6) is 5.39. The number of ether oxygens (including phenoxy) is 1. The molecule has 1 unspecified atom stereocenters. The molecule has 2 fully saturated rings. The topological polar surface area (TPSA) is 78.6 Å². The summed E-state index contributed by atoms with van der Waals surface area (Å²) >= 11 is 0. The molecule has 1 aromatic carbocycles. The largest absolute Gasteiger partial charge is 0.412 e. The minimum absolute atomic E-state index is 0.0488. The van der Waals surface area contributed by atoms with Crippen molar-refractivity contribution >= 4 is 11.6 Å². The van der Waals surface area contributed by atoms with E-state index in [4.69, 9.17) is 15.5 Å². The first-order chi connectivity index (χ1) is 11.6. The Labute approximate surface area is 142 Å². The van der Waals surface area contributed by atoms with Crippen molar-refractivity contribution in [3.05, 3.63) is 28.8 Å². The van der Waals surface area contributed by atoms with Crippen LogP contribution in [0.5, 0.6) is 5.75 Å². The summed E-state index contributed by atoms with van der Waals surface area (Å²) in [5.41, 5.74) is 2.33. The van der Waals surface area contributed by atoms with E-state index in [1.165, 1.54) is 0 Å². The molecule has 0 radical (unpaired) electrons. The lowest BCUT2D eigenvalue weighted by atomic mass is 9.75. The Kier molecular flexibility index (Phi) is 4.74. The molecule has 1 aliphatic carbocycles. The highest BCUT2D eigenvalue weighted by atomic mass is 16.6. The summed E-state index contributed by atoms with van der Waals surface area (Å²) in [4.78, 5) is 31.0. The summed E-state index contributed by atoms with van der Waals surface area (Å²) in [6.45, 7) is 5.17. The fourth-order valence-corrected chi connectivity index (χ4v) is 4.22. The molecule has 0 bridgehead atoms. The van der Waals surface area contributed by atoms with Gasteiger partial charge >= 0.3 is 0 Å². The summed E-state index contributed by atoms with van der Waals surface area (Å²) in [7, 11) is 0. The molecule has 130 valence electrons. The molecule has 0 amide bonds. The highest BCUT2D eigenvalue weighted by Gasteiger charge is 2.54. The van der Waals surface area contributed by atoms with E-state index >= 15 is 0 Å². The summed E-state index contributed by atoms with van der Waals surface area (Å²) in [5, 5.41) is 0. The van der Waals surface area contributed by atoms with E-state index in [-0.39, 0.29) is 11.6 Å². The molecule has 1 atom stereocenters. The number of Topliss-reactive ketones (excluding diaryl/α,β-unsaturated/α-hetero) is 2. The molecule has 0 aromatic heterocycles. The molecular formula is C19H25NO4. The number of hydrogen-bond donors (Lipinski definition) is 1. The quantitative estimate of drug-likeness (QED) is 0.677. The minimum atomic E-state index is -0.639. The van der Waals surface area contributed by atoms with Crippen LogP contribution >= 0.6 is 0 Å². The fraction of sp³-hybridized carbons (Fsp3) is 0.579. The number of ketones is 2. The van der Waals surface area contributed by atoms with Crippen LogP contribution in [0.15, 0.2) is 12.1 Å². The number of rotatable bonds is 4. The van der Waals surface area contributed by atoms with Gasteiger partial charge in [0.05, 0.1) is 0 Å². The second-order valence-electron chi connectivity index (χ2n) is 6.81. The van der Waals surface area contributed by atoms with Gasteiger partial charge in [-0.05, 0) is 54.5 Å². The highest BCUT2D eigenvalue weighted by Crippen LogP contribution is 2.48.